The van der Waals surface area contributed by atoms with Crippen LogP contribution < -0.4 is 0 Å². The van der Waals surface area contributed by atoms with Gasteiger partial charge in [0.15, 0.2) is 0 Å². The Labute approximate surface area is 129 Å². The van der Waals surface area contributed by atoms with Crippen molar-refractivity contribution in [1.82, 2.24) is 4.90 Å². The number of carboxylic acid groups (broad SMARTS) is 1. The van der Waals surface area contributed by atoms with Gasteiger partial charge >= 0.3 is 12.1 Å². The van der Waals surface area contributed by atoms with Gasteiger partial charge in [-0.15, -0.1) is 0 Å². The first kappa shape index (κ1) is 14.9. The molecule has 3 atom stereocenters. The molecule has 2 fully saturated rings. The Kier molecular flexibility index (Phi) is 4.32. The molecular formula is C17H21NO4. The third kappa shape index (κ3) is 3.08. The number of carbonyl (C=O) groups is 2. The van der Waals surface area contributed by atoms with Crippen molar-refractivity contribution in [2.45, 2.75) is 38.3 Å². The van der Waals surface area contributed by atoms with Crippen LogP contribution in [0.2, 0.25) is 0 Å². The van der Waals surface area contributed by atoms with E-state index < -0.39 is 5.97 Å². The molecule has 1 aliphatic carbocycles. The number of nitrogens with zero attached hydrogens (tertiary/aromatic N) is 1. The monoisotopic (exact) mass is 303 g/mol. The first-order valence-electron chi connectivity index (χ1n) is 7.84. The van der Waals surface area contributed by atoms with Gasteiger partial charge in [0, 0.05) is 12.6 Å². The highest BCUT2D eigenvalue weighted by Crippen LogP contribution is 2.43. The summed E-state index contributed by atoms with van der Waals surface area (Å²) in [7, 11) is 0. The van der Waals surface area contributed by atoms with E-state index in [1.54, 1.807) is 4.90 Å². The molecule has 0 aromatic heterocycles. The van der Waals surface area contributed by atoms with Crippen molar-refractivity contribution in [3.8, 4) is 0 Å². The average molecular weight is 303 g/mol. The fraction of sp³-hybridized carbons (Fsp3) is 0.529. The van der Waals surface area contributed by atoms with Crippen LogP contribution in [-0.4, -0.2) is 34.7 Å². The fourth-order valence-corrected chi connectivity index (χ4v) is 3.87. The lowest BCUT2D eigenvalue weighted by molar-refractivity contribution is -0.138. The van der Waals surface area contributed by atoms with Crippen molar-refractivity contribution in [2.75, 3.05) is 6.54 Å². The van der Waals surface area contributed by atoms with E-state index in [0.29, 0.717) is 18.4 Å². The maximum Gasteiger partial charge on any atom is 0.410 e. The highest BCUT2D eigenvalue weighted by Gasteiger charge is 2.47. The van der Waals surface area contributed by atoms with Gasteiger partial charge in [-0.25, -0.2) is 4.79 Å². The van der Waals surface area contributed by atoms with Crippen LogP contribution in [0, 0.1) is 11.8 Å². The first-order chi connectivity index (χ1) is 10.6. The zero-order valence-corrected chi connectivity index (χ0v) is 12.5. The van der Waals surface area contributed by atoms with Crippen molar-refractivity contribution in [3.05, 3.63) is 35.9 Å². The van der Waals surface area contributed by atoms with Gasteiger partial charge in [-0.05, 0) is 30.2 Å². The van der Waals surface area contributed by atoms with E-state index in [9.17, 15) is 9.59 Å². The van der Waals surface area contributed by atoms with Gasteiger partial charge in [0.2, 0.25) is 0 Å². The van der Waals surface area contributed by atoms with Crippen molar-refractivity contribution < 1.29 is 19.4 Å². The summed E-state index contributed by atoms with van der Waals surface area (Å²) in [5, 5.41) is 9.12. The average Bonchev–Trinajstić information content (AvgIpc) is 3.08. The third-order valence-electron chi connectivity index (χ3n) is 4.87. The first-order valence-corrected chi connectivity index (χ1v) is 7.84. The summed E-state index contributed by atoms with van der Waals surface area (Å²) in [5.74, 6) is -0.0904. The van der Waals surface area contributed by atoms with Gasteiger partial charge in [0.25, 0.3) is 0 Å². The number of fused-ring (bicyclic) bond motifs is 1. The molecule has 1 heterocycles. The Balaban J connectivity index is 1.64. The molecule has 1 saturated heterocycles. The van der Waals surface area contributed by atoms with Crippen molar-refractivity contribution in [3.63, 3.8) is 0 Å². The number of ether oxygens (including phenoxy) is 1. The predicted molar refractivity (Wildman–Crippen MR) is 80.2 cm³/mol. The fourth-order valence-electron chi connectivity index (χ4n) is 3.87. The molecule has 0 radical (unpaired) electrons. The zero-order chi connectivity index (χ0) is 15.5. The molecule has 2 aliphatic rings. The smallest absolute Gasteiger partial charge is 0.410 e. The van der Waals surface area contributed by atoms with E-state index in [1.807, 2.05) is 30.3 Å². The summed E-state index contributed by atoms with van der Waals surface area (Å²) in [6, 6.07) is 9.30. The lowest BCUT2D eigenvalue weighted by atomic mass is 9.92. The number of rotatable bonds is 4. The Hall–Kier alpha value is -2.04. The van der Waals surface area contributed by atoms with Crippen LogP contribution in [0.4, 0.5) is 4.79 Å². The van der Waals surface area contributed by atoms with E-state index in [1.165, 1.54) is 0 Å². The SMILES string of the molecule is O=C(O)C[C@@H]1[C@@H]2CCC[C@@H]2CN1C(=O)OCc1ccccc1. The maximum absolute atomic E-state index is 12.4. The Morgan fingerprint density at radius 3 is 2.73 bits per heavy atom. The van der Waals surface area contributed by atoms with E-state index in [-0.39, 0.29) is 25.2 Å². The number of carboxylic acids is 1. The molecule has 0 unspecified atom stereocenters. The predicted octanol–water partition coefficient (Wildman–Crippen LogP) is 2.90. The van der Waals surface area contributed by atoms with Gasteiger partial charge in [0.1, 0.15) is 6.61 Å². The van der Waals surface area contributed by atoms with Gasteiger partial charge < -0.3 is 14.7 Å². The molecule has 1 aromatic rings. The third-order valence-corrected chi connectivity index (χ3v) is 4.87. The zero-order valence-electron chi connectivity index (χ0n) is 12.5. The standard InChI is InChI=1S/C17H21NO4/c19-16(20)9-15-14-8-4-7-13(14)10-18(15)17(21)22-11-12-5-2-1-3-6-12/h1-3,5-6,13-15H,4,7-11H2,(H,19,20)/t13-,14-,15-/m1/s1. The van der Waals surface area contributed by atoms with Crippen LogP contribution in [-0.2, 0) is 16.1 Å². The minimum atomic E-state index is -0.849. The van der Waals surface area contributed by atoms with E-state index in [0.717, 1.165) is 24.8 Å². The minimum Gasteiger partial charge on any atom is -0.481 e. The normalized spacial score (nSPS) is 26.7. The second-order valence-electron chi connectivity index (χ2n) is 6.21. The summed E-state index contributed by atoms with van der Waals surface area (Å²) in [5.41, 5.74) is 0.935. The number of benzene rings is 1. The maximum atomic E-state index is 12.4. The molecule has 1 aromatic carbocycles. The van der Waals surface area contributed by atoms with Crippen molar-refractivity contribution in [1.29, 1.82) is 0 Å². The highest BCUT2D eigenvalue weighted by molar-refractivity contribution is 5.72. The molecule has 1 saturated carbocycles. The highest BCUT2D eigenvalue weighted by atomic mass is 16.6. The molecule has 22 heavy (non-hydrogen) atoms. The number of likely N-dealkylation sites (tertiary alicyclic amines) is 1. The van der Waals surface area contributed by atoms with E-state index in [2.05, 4.69) is 0 Å². The van der Waals surface area contributed by atoms with Crippen LogP contribution in [0.15, 0.2) is 30.3 Å². The number of amides is 1. The Morgan fingerprint density at radius 1 is 1.23 bits per heavy atom. The summed E-state index contributed by atoms with van der Waals surface area (Å²) in [6.45, 7) is 0.863. The molecule has 1 N–H and O–H groups in total. The van der Waals surface area contributed by atoms with Crippen molar-refractivity contribution >= 4 is 12.1 Å². The summed E-state index contributed by atoms with van der Waals surface area (Å²) in [6.07, 6.45) is 2.87. The van der Waals surface area contributed by atoms with Crippen molar-refractivity contribution in [2.24, 2.45) is 11.8 Å². The number of aliphatic carboxylic acids is 1. The second-order valence-corrected chi connectivity index (χ2v) is 6.21. The number of carbonyl (C=O) groups excluding carboxylic acids is 1. The molecule has 0 spiro atoms. The second kappa shape index (κ2) is 6.38. The van der Waals surface area contributed by atoms with Gasteiger partial charge in [-0.3, -0.25) is 4.79 Å². The molecule has 118 valence electrons. The largest absolute Gasteiger partial charge is 0.481 e. The van der Waals surface area contributed by atoms with Gasteiger partial charge in [-0.2, -0.15) is 0 Å². The molecule has 5 heteroatoms. The molecule has 1 aliphatic heterocycles. The van der Waals surface area contributed by atoms with E-state index >= 15 is 0 Å². The quantitative estimate of drug-likeness (QED) is 0.928. The van der Waals surface area contributed by atoms with Gasteiger partial charge in [0.05, 0.1) is 6.42 Å². The summed E-state index contributed by atoms with van der Waals surface area (Å²) >= 11 is 0. The molecule has 1 amide bonds. The Morgan fingerprint density at radius 2 is 2.00 bits per heavy atom. The molecule has 0 bridgehead atoms. The number of hydrogen-bond donors (Lipinski definition) is 1. The van der Waals surface area contributed by atoms with Crippen LogP contribution in [0.5, 0.6) is 0 Å². The Bertz CT molecular complexity index is 545. The topological polar surface area (TPSA) is 66.8 Å². The van der Waals surface area contributed by atoms with Crippen LogP contribution in [0.25, 0.3) is 0 Å². The summed E-state index contributed by atoms with van der Waals surface area (Å²) < 4.78 is 5.38. The van der Waals surface area contributed by atoms with Crippen LogP contribution in [0.1, 0.15) is 31.2 Å². The minimum absolute atomic E-state index is 0.0155. The molecule has 3 rings (SSSR count). The number of hydrogen-bond acceptors (Lipinski definition) is 3. The lowest BCUT2D eigenvalue weighted by Crippen LogP contribution is -2.39. The summed E-state index contributed by atoms with van der Waals surface area (Å²) in [4.78, 5) is 25.1. The molecule has 5 nitrogen and oxygen atoms in total. The lowest BCUT2D eigenvalue weighted by Gasteiger charge is -2.26. The van der Waals surface area contributed by atoms with E-state index in [4.69, 9.17) is 9.84 Å². The van der Waals surface area contributed by atoms with Gasteiger partial charge in [-0.1, -0.05) is 36.8 Å². The van der Waals surface area contributed by atoms with Crippen LogP contribution in [0.3, 0.4) is 0 Å². The van der Waals surface area contributed by atoms with Crippen LogP contribution >= 0.6 is 0 Å². The molecular weight excluding hydrogens is 282 g/mol.